The maximum absolute atomic E-state index is 12.3. The zero-order valence-electron chi connectivity index (χ0n) is 14.1. The summed E-state index contributed by atoms with van der Waals surface area (Å²) < 4.78 is 2.30. The van der Waals surface area contributed by atoms with E-state index in [4.69, 9.17) is 0 Å². The van der Waals surface area contributed by atoms with Crippen LogP contribution >= 0.6 is 0 Å². The quantitative estimate of drug-likeness (QED) is 0.603. The molecule has 1 N–H and O–H groups in total. The molecule has 0 saturated carbocycles. The number of benzene rings is 2. The van der Waals surface area contributed by atoms with Crippen LogP contribution in [-0.2, 0) is 17.8 Å². The highest BCUT2D eigenvalue weighted by Crippen LogP contribution is 2.30. The summed E-state index contributed by atoms with van der Waals surface area (Å²) >= 11 is 0. The smallest absolute Gasteiger partial charge is 0.228 e. The second kappa shape index (κ2) is 6.40. The molecule has 0 aliphatic carbocycles. The maximum Gasteiger partial charge on any atom is 0.228 e. The molecule has 4 heteroatoms. The third-order valence-electron chi connectivity index (χ3n) is 4.46. The Bertz CT molecular complexity index is 1050. The van der Waals surface area contributed by atoms with Gasteiger partial charge in [-0.15, -0.1) is 0 Å². The molecule has 0 saturated heterocycles. The van der Waals surface area contributed by atoms with E-state index in [1.165, 1.54) is 16.4 Å². The molecule has 0 aliphatic heterocycles. The normalized spacial score (nSPS) is 11.1. The molecule has 2 aromatic heterocycles. The lowest BCUT2D eigenvalue weighted by molar-refractivity contribution is -0.115. The Hall–Kier alpha value is -3.14. The summed E-state index contributed by atoms with van der Waals surface area (Å²) in [6, 6.07) is 18.2. The van der Waals surface area contributed by atoms with Crippen LogP contribution in [0.2, 0.25) is 0 Å². The minimum Gasteiger partial charge on any atom is -0.341 e. The Morgan fingerprint density at radius 3 is 2.68 bits per heavy atom. The van der Waals surface area contributed by atoms with Crippen LogP contribution in [0.4, 0.5) is 5.69 Å². The first-order valence-corrected chi connectivity index (χ1v) is 8.46. The number of pyridine rings is 1. The second-order valence-electron chi connectivity index (χ2n) is 6.08. The maximum atomic E-state index is 12.3. The van der Waals surface area contributed by atoms with Gasteiger partial charge in [-0.25, -0.2) is 0 Å². The van der Waals surface area contributed by atoms with Gasteiger partial charge in [0.05, 0.1) is 6.42 Å². The van der Waals surface area contributed by atoms with Gasteiger partial charge in [0, 0.05) is 46.4 Å². The van der Waals surface area contributed by atoms with Crippen molar-refractivity contribution in [3.8, 4) is 0 Å². The minimum atomic E-state index is -0.0356. The molecule has 0 aliphatic rings. The number of amides is 1. The van der Waals surface area contributed by atoms with Crippen molar-refractivity contribution in [2.45, 2.75) is 19.9 Å². The van der Waals surface area contributed by atoms with Crippen molar-refractivity contribution < 1.29 is 4.79 Å². The van der Waals surface area contributed by atoms with E-state index in [9.17, 15) is 4.79 Å². The standard InChI is InChI=1S/C21H19N3O/c1-2-24-19-8-4-3-7-17(19)18-13-16(9-10-20(18)24)23-21(25)12-15-6-5-11-22-14-15/h3-11,13-14H,2,12H2,1H3,(H,23,25). The van der Waals surface area contributed by atoms with Gasteiger partial charge in [-0.1, -0.05) is 24.3 Å². The number of nitrogens with zero attached hydrogens (tertiary/aromatic N) is 2. The highest BCUT2D eigenvalue weighted by atomic mass is 16.1. The lowest BCUT2D eigenvalue weighted by Crippen LogP contribution is -2.14. The van der Waals surface area contributed by atoms with Crippen LogP contribution in [0, 0.1) is 0 Å². The molecule has 0 radical (unpaired) electrons. The van der Waals surface area contributed by atoms with E-state index in [1.807, 2.05) is 18.2 Å². The van der Waals surface area contributed by atoms with Gasteiger partial charge in [0.2, 0.25) is 5.91 Å². The van der Waals surface area contributed by atoms with Crippen molar-refractivity contribution in [3.05, 3.63) is 72.6 Å². The fourth-order valence-corrected chi connectivity index (χ4v) is 3.37. The van der Waals surface area contributed by atoms with Gasteiger partial charge in [-0.05, 0) is 42.8 Å². The lowest BCUT2D eigenvalue weighted by Gasteiger charge is -2.07. The number of fused-ring (bicyclic) bond motifs is 3. The van der Waals surface area contributed by atoms with Gasteiger partial charge >= 0.3 is 0 Å². The van der Waals surface area contributed by atoms with Crippen LogP contribution in [0.15, 0.2) is 67.0 Å². The van der Waals surface area contributed by atoms with Crippen molar-refractivity contribution in [1.29, 1.82) is 0 Å². The third-order valence-corrected chi connectivity index (χ3v) is 4.46. The summed E-state index contributed by atoms with van der Waals surface area (Å²) in [7, 11) is 0. The third kappa shape index (κ3) is 2.87. The molecule has 2 aromatic carbocycles. The summed E-state index contributed by atoms with van der Waals surface area (Å²) in [5.74, 6) is -0.0356. The molecular weight excluding hydrogens is 310 g/mol. The van der Waals surface area contributed by atoms with Crippen LogP contribution < -0.4 is 5.32 Å². The van der Waals surface area contributed by atoms with Gasteiger partial charge in [-0.3, -0.25) is 9.78 Å². The molecule has 25 heavy (non-hydrogen) atoms. The number of hydrogen-bond acceptors (Lipinski definition) is 2. The van der Waals surface area contributed by atoms with Gasteiger partial charge in [-0.2, -0.15) is 0 Å². The fourth-order valence-electron chi connectivity index (χ4n) is 3.37. The summed E-state index contributed by atoms with van der Waals surface area (Å²) in [6.45, 7) is 3.06. The molecule has 0 bridgehead atoms. The van der Waals surface area contributed by atoms with Crippen LogP contribution in [-0.4, -0.2) is 15.5 Å². The number of rotatable bonds is 4. The topological polar surface area (TPSA) is 46.9 Å². The largest absolute Gasteiger partial charge is 0.341 e. The minimum absolute atomic E-state index is 0.0356. The van der Waals surface area contributed by atoms with Gasteiger partial charge in [0.25, 0.3) is 0 Å². The van der Waals surface area contributed by atoms with E-state index >= 15 is 0 Å². The van der Waals surface area contributed by atoms with Crippen molar-refractivity contribution in [3.63, 3.8) is 0 Å². The molecule has 0 fully saturated rings. The molecule has 0 spiro atoms. The van der Waals surface area contributed by atoms with Gasteiger partial charge in [0.1, 0.15) is 0 Å². The summed E-state index contributed by atoms with van der Waals surface area (Å²) in [6.07, 6.45) is 3.75. The van der Waals surface area contributed by atoms with Crippen LogP contribution in [0.5, 0.6) is 0 Å². The summed E-state index contributed by atoms with van der Waals surface area (Å²) in [5, 5.41) is 5.37. The first kappa shape index (κ1) is 15.4. The molecule has 4 aromatic rings. The van der Waals surface area contributed by atoms with Crippen LogP contribution in [0.3, 0.4) is 0 Å². The van der Waals surface area contributed by atoms with E-state index in [0.717, 1.165) is 23.2 Å². The first-order chi connectivity index (χ1) is 12.3. The average molecular weight is 329 g/mol. The van der Waals surface area contributed by atoms with E-state index in [-0.39, 0.29) is 5.91 Å². The summed E-state index contributed by atoms with van der Waals surface area (Å²) in [5.41, 5.74) is 4.14. The highest BCUT2D eigenvalue weighted by molar-refractivity contribution is 6.09. The Balaban J connectivity index is 1.67. The number of carbonyl (C=O) groups excluding carboxylic acids is 1. The number of aryl methyl sites for hydroxylation is 1. The molecular formula is C21H19N3O. The predicted octanol–water partition coefficient (Wildman–Crippen LogP) is 4.39. The van der Waals surface area contributed by atoms with Crippen molar-refractivity contribution in [2.24, 2.45) is 0 Å². The molecule has 4 nitrogen and oxygen atoms in total. The van der Waals surface area contributed by atoms with Crippen molar-refractivity contribution in [2.75, 3.05) is 5.32 Å². The Morgan fingerprint density at radius 2 is 1.88 bits per heavy atom. The zero-order valence-corrected chi connectivity index (χ0v) is 14.1. The Labute approximate surface area is 146 Å². The lowest BCUT2D eigenvalue weighted by atomic mass is 10.1. The van der Waals surface area contributed by atoms with Gasteiger partial charge < -0.3 is 9.88 Å². The van der Waals surface area contributed by atoms with Crippen LogP contribution in [0.1, 0.15) is 12.5 Å². The highest BCUT2D eigenvalue weighted by Gasteiger charge is 2.11. The second-order valence-corrected chi connectivity index (χ2v) is 6.08. The molecule has 2 heterocycles. The van der Waals surface area contributed by atoms with Crippen molar-refractivity contribution in [1.82, 2.24) is 9.55 Å². The molecule has 124 valence electrons. The number of carbonyl (C=O) groups is 1. The Kier molecular flexibility index (Phi) is 3.94. The van der Waals surface area contributed by atoms with E-state index in [1.54, 1.807) is 12.4 Å². The number of para-hydroxylation sites is 1. The van der Waals surface area contributed by atoms with Crippen molar-refractivity contribution >= 4 is 33.4 Å². The van der Waals surface area contributed by atoms with E-state index in [0.29, 0.717) is 6.42 Å². The molecule has 1 amide bonds. The number of nitrogens with one attached hydrogen (secondary N) is 1. The van der Waals surface area contributed by atoms with E-state index in [2.05, 4.69) is 58.2 Å². The monoisotopic (exact) mass is 329 g/mol. The molecule has 4 rings (SSSR count). The fraction of sp³-hybridized carbons (Fsp3) is 0.143. The number of aromatic nitrogens is 2. The average Bonchev–Trinajstić information content (AvgIpc) is 2.95. The number of anilines is 1. The van der Waals surface area contributed by atoms with Gasteiger partial charge in [0.15, 0.2) is 0 Å². The number of hydrogen-bond donors (Lipinski definition) is 1. The first-order valence-electron chi connectivity index (χ1n) is 8.46. The van der Waals surface area contributed by atoms with E-state index < -0.39 is 0 Å². The predicted molar refractivity (Wildman–Crippen MR) is 102 cm³/mol. The zero-order chi connectivity index (χ0) is 17.2. The van der Waals surface area contributed by atoms with Crippen LogP contribution in [0.25, 0.3) is 21.8 Å². The Morgan fingerprint density at radius 1 is 1.04 bits per heavy atom. The summed E-state index contributed by atoms with van der Waals surface area (Å²) in [4.78, 5) is 16.3. The SMILES string of the molecule is CCn1c2ccccc2c2cc(NC(=O)Cc3cccnc3)ccc21. The molecule has 0 atom stereocenters. The molecule has 0 unspecified atom stereocenters.